The molecule has 1 amide bonds. The molecule has 2 aromatic carbocycles. The average molecular weight is 374 g/mol. The zero-order valence-corrected chi connectivity index (χ0v) is 13.6. The molecule has 0 aromatic heterocycles. The van der Waals surface area contributed by atoms with E-state index in [1.54, 1.807) is 0 Å². The molecule has 0 spiro atoms. The number of carbonyl (C=O) groups is 1. The van der Waals surface area contributed by atoms with Gasteiger partial charge in [0, 0.05) is 24.4 Å². The Morgan fingerprint density at radius 3 is 2.28 bits per heavy atom. The molecule has 2 N–H and O–H groups in total. The fraction of sp³-hybridized carbons (Fsp3) is 0.133. The van der Waals surface area contributed by atoms with Gasteiger partial charge in [-0.05, 0) is 36.4 Å². The first-order valence-electron chi connectivity index (χ1n) is 6.81. The predicted octanol–water partition coefficient (Wildman–Crippen LogP) is 2.75. The zero-order valence-electron chi connectivity index (χ0n) is 12.8. The third-order valence-corrected chi connectivity index (χ3v) is 4.35. The smallest absolute Gasteiger partial charge is 0.406 e. The van der Waals surface area contributed by atoms with Crippen LogP contribution < -0.4 is 14.8 Å². The SMILES string of the molecule is CNC(=O)c1ccc(NS(=O)(=O)c2cccc(OC(F)(F)F)c2)cc1. The van der Waals surface area contributed by atoms with Gasteiger partial charge in [0.15, 0.2) is 0 Å². The van der Waals surface area contributed by atoms with Crippen LogP contribution in [0.1, 0.15) is 10.4 Å². The molecule has 6 nitrogen and oxygen atoms in total. The number of hydrogen-bond acceptors (Lipinski definition) is 4. The highest BCUT2D eigenvalue weighted by Crippen LogP contribution is 2.26. The van der Waals surface area contributed by atoms with Crippen LogP contribution in [0.5, 0.6) is 5.75 Å². The van der Waals surface area contributed by atoms with Crippen molar-refractivity contribution in [2.75, 3.05) is 11.8 Å². The fourth-order valence-electron chi connectivity index (χ4n) is 1.89. The number of halogens is 3. The fourth-order valence-corrected chi connectivity index (χ4v) is 2.98. The standard InChI is InChI=1S/C15H13F3N2O4S/c1-19-14(21)10-5-7-11(8-6-10)20-25(22,23)13-4-2-3-12(9-13)24-15(16,17)18/h2-9,20H,1H3,(H,19,21). The lowest BCUT2D eigenvalue weighted by Gasteiger charge is -2.12. The van der Waals surface area contributed by atoms with Gasteiger partial charge >= 0.3 is 6.36 Å². The van der Waals surface area contributed by atoms with Gasteiger partial charge in [0.2, 0.25) is 0 Å². The summed E-state index contributed by atoms with van der Waals surface area (Å²) in [4.78, 5) is 11.0. The van der Waals surface area contributed by atoms with Gasteiger partial charge in [0.05, 0.1) is 4.90 Å². The van der Waals surface area contributed by atoms with Crippen molar-refractivity contribution in [3.05, 3.63) is 54.1 Å². The molecule has 10 heteroatoms. The summed E-state index contributed by atoms with van der Waals surface area (Å²) in [5.41, 5.74) is 0.473. The molecular weight excluding hydrogens is 361 g/mol. The highest BCUT2D eigenvalue weighted by molar-refractivity contribution is 7.92. The van der Waals surface area contributed by atoms with Crippen LogP contribution in [0.25, 0.3) is 0 Å². The molecule has 25 heavy (non-hydrogen) atoms. The van der Waals surface area contributed by atoms with Gasteiger partial charge in [-0.15, -0.1) is 13.2 Å². The Morgan fingerprint density at radius 1 is 1.08 bits per heavy atom. The van der Waals surface area contributed by atoms with Crippen LogP contribution in [0.3, 0.4) is 0 Å². The molecule has 0 saturated carbocycles. The van der Waals surface area contributed by atoms with Gasteiger partial charge in [-0.25, -0.2) is 8.42 Å². The molecule has 0 atom stereocenters. The first kappa shape index (κ1) is 18.6. The Labute approximate surface area is 141 Å². The number of ether oxygens (including phenoxy) is 1. The van der Waals surface area contributed by atoms with Crippen molar-refractivity contribution in [1.82, 2.24) is 5.32 Å². The molecule has 0 aliphatic carbocycles. The number of nitrogens with one attached hydrogen (secondary N) is 2. The maximum Gasteiger partial charge on any atom is 0.573 e. The highest BCUT2D eigenvalue weighted by atomic mass is 32.2. The molecule has 0 fully saturated rings. The van der Waals surface area contributed by atoms with E-state index in [2.05, 4.69) is 14.8 Å². The monoisotopic (exact) mass is 374 g/mol. The summed E-state index contributed by atoms with van der Waals surface area (Å²) in [6, 6.07) is 9.53. The van der Waals surface area contributed by atoms with E-state index in [1.807, 2.05) is 0 Å². The van der Waals surface area contributed by atoms with Crippen LogP contribution in [-0.2, 0) is 10.0 Å². The first-order valence-corrected chi connectivity index (χ1v) is 8.30. The van der Waals surface area contributed by atoms with E-state index < -0.39 is 27.0 Å². The topological polar surface area (TPSA) is 84.5 Å². The van der Waals surface area contributed by atoms with Gasteiger partial charge in [-0.3, -0.25) is 9.52 Å². The maximum atomic E-state index is 12.3. The van der Waals surface area contributed by atoms with E-state index in [9.17, 15) is 26.4 Å². The highest BCUT2D eigenvalue weighted by Gasteiger charge is 2.31. The number of hydrogen-bond donors (Lipinski definition) is 2. The van der Waals surface area contributed by atoms with E-state index in [0.29, 0.717) is 5.56 Å². The minimum Gasteiger partial charge on any atom is -0.406 e. The minimum absolute atomic E-state index is 0.148. The van der Waals surface area contributed by atoms with Crippen LogP contribution in [0.4, 0.5) is 18.9 Å². The Bertz CT molecular complexity index is 865. The van der Waals surface area contributed by atoms with E-state index in [0.717, 1.165) is 24.3 Å². The van der Waals surface area contributed by atoms with Crippen LogP contribution in [0.15, 0.2) is 53.4 Å². The average Bonchev–Trinajstić information content (AvgIpc) is 2.53. The first-order chi connectivity index (χ1) is 11.6. The summed E-state index contributed by atoms with van der Waals surface area (Å²) in [7, 11) is -2.67. The molecule has 134 valence electrons. The molecule has 0 unspecified atom stereocenters. The molecular formula is C15H13F3N2O4S. The van der Waals surface area contributed by atoms with Gasteiger partial charge in [-0.1, -0.05) is 6.07 Å². The van der Waals surface area contributed by atoms with Gasteiger partial charge in [0.1, 0.15) is 5.75 Å². The van der Waals surface area contributed by atoms with Gasteiger partial charge in [-0.2, -0.15) is 0 Å². The van der Waals surface area contributed by atoms with Crippen molar-refractivity contribution < 1.29 is 31.1 Å². The Balaban J connectivity index is 2.21. The molecule has 2 aromatic rings. The van der Waals surface area contributed by atoms with E-state index in [1.165, 1.54) is 31.3 Å². The van der Waals surface area contributed by atoms with E-state index in [4.69, 9.17) is 0 Å². The predicted molar refractivity (Wildman–Crippen MR) is 83.8 cm³/mol. The van der Waals surface area contributed by atoms with Gasteiger partial charge in [0.25, 0.3) is 15.9 Å². The summed E-state index contributed by atoms with van der Waals surface area (Å²) < 4.78 is 67.1. The Morgan fingerprint density at radius 2 is 1.72 bits per heavy atom. The van der Waals surface area contributed by atoms with Crippen molar-refractivity contribution in [2.24, 2.45) is 0 Å². The van der Waals surface area contributed by atoms with E-state index >= 15 is 0 Å². The lowest BCUT2D eigenvalue weighted by atomic mass is 10.2. The second kappa shape index (κ2) is 7.01. The third kappa shape index (κ3) is 5.11. The van der Waals surface area contributed by atoms with Crippen molar-refractivity contribution in [2.45, 2.75) is 11.3 Å². The largest absolute Gasteiger partial charge is 0.573 e. The summed E-state index contributed by atoms with van der Waals surface area (Å²) >= 11 is 0. The Hall–Kier alpha value is -2.75. The van der Waals surface area contributed by atoms with Crippen molar-refractivity contribution in [1.29, 1.82) is 0 Å². The number of anilines is 1. The van der Waals surface area contributed by atoms with Gasteiger partial charge < -0.3 is 10.1 Å². The third-order valence-electron chi connectivity index (χ3n) is 2.98. The van der Waals surface area contributed by atoms with Crippen LogP contribution in [0.2, 0.25) is 0 Å². The van der Waals surface area contributed by atoms with Crippen molar-refractivity contribution in [3.8, 4) is 5.75 Å². The Kier molecular flexibility index (Phi) is 5.21. The quantitative estimate of drug-likeness (QED) is 0.843. The molecule has 0 radical (unpaired) electrons. The molecule has 0 aliphatic rings. The number of amides is 1. The molecule has 0 heterocycles. The summed E-state index contributed by atoms with van der Waals surface area (Å²) in [6.07, 6.45) is -4.93. The number of sulfonamides is 1. The zero-order chi connectivity index (χ0) is 18.7. The van der Waals surface area contributed by atoms with Crippen LogP contribution in [0, 0.1) is 0 Å². The van der Waals surface area contributed by atoms with Crippen molar-refractivity contribution >= 4 is 21.6 Å². The second-order valence-corrected chi connectivity index (χ2v) is 6.47. The number of rotatable bonds is 5. The minimum atomic E-state index is -4.93. The number of benzene rings is 2. The van der Waals surface area contributed by atoms with Crippen LogP contribution in [-0.4, -0.2) is 27.7 Å². The van der Waals surface area contributed by atoms with Crippen molar-refractivity contribution in [3.63, 3.8) is 0 Å². The normalized spacial score (nSPS) is 11.7. The molecule has 0 aliphatic heterocycles. The summed E-state index contributed by atoms with van der Waals surface area (Å²) in [6.45, 7) is 0. The maximum absolute atomic E-state index is 12.3. The molecule has 0 saturated heterocycles. The summed E-state index contributed by atoms with van der Waals surface area (Å²) in [5.74, 6) is -0.989. The lowest BCUT2D eigenvalue weighted by molar-refractivity contribution is -0.274. The van der Waals surface area contributed by atoms with E-state index in [-0.39, 0.29) is 11.6 Å². The summed E-state index contributed by atoms with van der Waals surface area (Å²) in [5, 5.41) is 2.42. The second-order valence-electron chi connectivity index (χ2n) is 4.78. The molecule has 2 rings (SSSR count). The number of carbonyl (C=O) groups excluding carboxylic acids is 1. The number of alkyl halides is 3. The molecule has 0 bridgehead atoms. The van der Waals surface area contributed by atoms with Crippen LogP contribution >= 0.6 is 0 Å². The lowest BCUT2D eigenvalue weighted by Crippen LogP contribution is -2.18.